The Bertz CT molecular complexity index is 517. The lowest BCUT2D eigenvalue weighted by atomic mass is 10.3. The number of carbonyl (C=O) groups excluding carboxylic acids is 1. The summed E-state index contributed by atoms with van der Waals surface area (Å²) < 4.78 is 4.26. The predicted molar refractivity (Wildman–Crippen MR) is 67.0 cm³/mol. The number of amides is 1. The normalized spacial score (nSPS) is 10.1. The third kappa shape index (κ3) is 2.40. The van der Waals surface area contributed by atoms with Crippen LogP contribution in [0.5, 0.6) is 0 Å². The number of benzene rings is 1. The fourth-order valence-electron chi connectivity index (χ4n) is 1.05. The summed E-state index contributed by atoms with van der Waals surface area (Å²) >= 11 is 10.3. The monoisotopic (exact) mass is 317 g/mol. The van der Waals surface area contributed by atoms with Gasteiger partial charge in [-0.25, -0.2) is 0 Å². The van der Waals surface area contributed by atoms with Crippen molar-refractivity contribution in [2.24, 2.45) is 0 Å². The molecular formula is C9H5BrClN3OS. The average Bonchev–Trinajstić information content (AvgIpc) is 2.78. The maximum absolute atomic E-state index is 11.7. The molecule has 0 fully saturated rings. The van der Waals surface area contributed by atoms with Crippen LogP contribution in [0, 0.1) is 0 Å². The quantitative estimate of drug-likeness (QED) is 0.925. The van der Waals surface area contributed by atoms with Crippen LogP contribution in [0.4, 0.5) is 5.69 Å². The second-order valence-corrected chi connectivity index (χ2v) is 4.66. The standard InChI is InChI=1S/C9H5BrClN3OS/c10-8-5(11)2-1-3-6(8)12-9(15)7-4-16-14-13-7/h1-4H,(H,12,15). The van der Waals surface area contributed by atoms with E-state index in [9.17, 15) is 4.79 Å². The Morgan fingerprint density at radius 3 is 3.00 bits per heavy atom. The van der Waals surface area contributed by atoms with E-state index in [-0.39, 0.29) is 11.6 Å². The van der Waals surface area contributed by atoms with Gasteiger partial charge in [0.05, 0.1) is 15.2 Å². The number of rotatable bonds is 2. The first-order chi connectivity index (χ1) is 7.68. The summed E-state index contributed by atoms with van der Waals surface area (Å²) in [6, 6.07) is 5.22. The second-order valence-electron chi connectivity index (χ2n) is 2.85. The molecule has 82 valence electrons. The highest BCUT2D eigenvalue weighted by molar-refractivity contribution is 9.10. The maximum atomic E-state index is 11.7. The molecule has 16 heavy (non-hydrogen) atoms. The van der Waals surface area contributed by atoms with Gasteiger partial charge >= 0.3 is 0 Å². The van der Waals surface area contributed by atoms with Gasteiger partial charge in [-0.3, -0.25) is 4.79 Å². The Hall–Kier alpha value is -0.980. The largest absolute Gasteiger partial charge is 0.319 e. The molecule has 0 atom stereocenters. The zero-order chi connectivity index (χ0) is 11.5. The summed E-state index contributed by atoms with van der Waals surface area (Å²) in [5, 5.41) is 8.47. The lowest BCUT2D eigenvalue weighted by Gasteiger charge is -2.06. The van der Waals surface area contributed by atoms with Gasteiger partial charge in [0.25, 0.3) is 5.91 Å². The van der Waals surface area contributed by atoms with Gasteiger partial charge in [-0.05, 0) is 39.6 Å². The molecule has 0 saturated carbocycles. The molecule has 0 aliphatic heterocycles. The van der Waals surface area contributed by atoms with Gasteiger partial charge in [0, 0.05) is 5.38 Å². The number of aromatic nitrogens is 2. The Kier molecular flexibility index (Phi) is 3.52. The van der Waals surface area contributed by atoms with E-state index in [1.165, 1.54) is 0 Å². The summed E-state index contributed by atoms with van der Waals surface area (Å²) in [6.45, 7) is 0. The number of nitrogens with zero attached hydrogens (tertiary/aromatic N) is 2. The number of hydrogen-bond acceptors (Lipinski definition) is 4. The lowest BCUT2D eigenvalue weighted by molar-refractivity contribution is 0.102. The lowest BCUT2D eigenvalue weighted by Crippen LogP contribution is -2.12. The topological polar surface area (TPSA) is 54.9 Å². The second kappa shape index (κ2) is 4.90. The van der Waals surface area contributed by atoms with Gasteiger partial charge in [-0.15, -0.1) is 5.10 Å². The molecule has 2 aromatic rings. The van der Waals surface area contributed by atoms with Crippen LogP contribution < -0.4 is 5.32 Å². The number of anilines is 1. The summed E-state index contributed by atoms with van der Waals surface area (Å²) in [5.74, 6) is -0.309. The average molecular weight is 319 g/mol. The number of halogens is 2. The molecule has 4 nitrogen and oxygen atoms in total. The summed E-state index contributed by atoms with van der Waals surface area (Å²) in [7, 11) is 0. The smallest absolute Gasteiger partial charge is 0.277 e. The van der Waals surface area contributed by atoms with E-state index in [4.69, 9.17) is 11.6 Å². The maximum Gasteiger partial charge on any atom is 0.277 e. The van der Waals surface area contributed by atoms with Crippen molar-refractivity contribution in [3.8, 4) is 0 Å². The van der Waals surface area contributed by atoms with Gasteiger partial charge in [-0.1, -0.05) is 22.2 Å². The van der Waals surface area contributed by atoms with E-state index in [1.807, 2.05) is 0 Å². The molecule has 0 saturated heterocycles. The molecular weight excluding hydrogens is 314 g/mol. The minimum atomic E-state index is -0.309. The third-order valence-corrected chi connectivity index (χ3v) is 3.69. The number of hydrogen-bond donors (Lipinski definition) is 1. The van der Waals surface area contributed by atoms with Crippen LogP contribution in [-0.2, 0) is 0 Å². The van der Waals surface area contributed by atoms with Gasteiger partial charge in [0.2, 0.25) is 0 Å². The molecule has 1 heterocycles. The van der Waals surface area contributed by atoms with Crippen molar-refractivity contribution in [1.29, 1.82) is 0 Å². The highest BCUT2D eigenvalue weighted by Gasteiger charge is 2.11. The summed E-state index contributed by atoms with van der Waals surface area (Å²) in [4.78, 5) is 11.7. The van der Waals surface area contributed by atoms with Crippen LogP contribution in [0.2, 0.25) is 5.02 Å². The van der Waals surface area contributed by atoms with Crippen molar-refractivity contribution in [2.75, 3.05) is 5.32 Å². The van der Waals surface area contributed by atoms with Crippen LogP contribution in [0.1, 0.15) is 10.5 Å². The Morgan fingerprint density at radius 1 is 1.50 bits per heavy atom. The van der Waals surface area contributed by atoms with Crippen molar-refractivity contribution in [3.05, 3.63) is 38.8 Å². The van der Waals surface area contributed by atoms with E-state index in [2.05, 4.69) is 30.8 Å². The van der Waals surface area contributed by atoms with Crippen molar-refractivity contribution in [3.63, 3.8) is 0 Å². The van der Waals surface area contributed by atoms with Gasteiger partial charge < -0.3 is 5.32 Å². The van der Waals surface area contributed by atoms with Crippen molar-refractivity contribution in [2.45, 2.75) is 0 Å². The molecule has 0 spiro atoms. The van der Waals surface area contributed by atoms with Gasteiger partial charge in [0.1, 0.15) is 0 Å². The van der Waals surface area contributed by atoms with Crippen LogP contribution in [0.3, 0.4) is 0 Å². The zero-order valence-corrected chi connectivity index (χ0v) is 10.9. The minimum Gasteiger partial charge on any atom is -0.319 e. The molecule has 1 aromatic heterocycles. The minimum absolute atomic E-state index is 0.289. The third-order valence-electron chi connectivity index (χ3n) is 1.79. The Balaban J connectivity index is 2.22. The zero-order valence-electron chi connectivity index (χ0n) is 7.78. The van der Waals surface area contributed by atoms with Crippen LogP contribution >= 0.6 is 39.1 Å². The predicted octanol–water partition coefficient (Wildman–Crippen LogP) is 3.21. The first-order valence-corrected chi connectivity index (χ1v) is 6.21. The molecule has 0 unspecified atom stereocenters. The molecule has 0 radical (unpaired) electrons. The van der Waals surface area contributed by atoms with E-state index in [0.29, 0.717) is 15.2 Å². The SMILES string of the molecule is O=C(Nc1cccc(Cl)c1Br)c1csnn1. The first kappa shape index (κ1) is 11.5. The summed E-state index contributed by atoms with van der Waals surface area (Å²) in [6.07, 6.45) is 0. The van der Waals surface area contributed by atoms with Crippen LogP contribution in [0.15, 0.2) is 28.1 Å². The molecule has 1 N–H and O–H groups in total. The van der Waals surface area contributed by atoms with Crippen molar-refractivity contribution < 1.29 is 4.79 Å². The molecule has 0 bridgehead atoms. The number of carbonyl (C=O) groups is 1. The van der Waals surface area contributed by atoms with Crippen LogP contribution in [-0.4, -0.2) is 15.5 Å². The molecule has 0 aliphatic rings. The fraction of sp³-hybridized carbons (Fsp3) is 0. The Morgan fingerprint density at radius 2 is 2.31 bits per heavy atom. The first-order valence-electron chi connectivity index (χ1n) is 4.21. The summed E-state index contributed by atoms with van der Waals surface area (Å²) in [5.41, 5.74) is 0.891. The fourth-order valence-corrected chi connectivity index (χ4v) is 2.02. The van der Waals surface area contributed by atoms with E-state index < -0.39 is 0 Å². The molecule has 0 aliphatic carbocycles. The highest BCUT2D eigenvalue weighted by Crippen LogP contribution is 2.30. The van der Waals surface area contributed by atoms with E-state index >= 15 is 0 Å². The molecule has 1 aromatic carbocycles. The van der Waals surface area contributed by atoms with E-state index in [1.54, 1.807) is 23.6 Å². The molecule has 7 heteroatoms. The number of nitrogens with one attached hydrogen (secondary N) is 1. The van der Waals surface area contributed by atoms with Crippen LogP contribution in [0.25, 0.3) is 0 Å². The van der Waals surface area contributed by atoms with Gasteiger partial charge in [0.15, 0.2) is 5.69 Å². The van der Waals surface area contributed by atoms with Gasteiger partial charge in [-0.2, -0.15) is 0 Å². The molecule has 2 rings (SSSR count). The molecule has 1 amide bonds. The highest BCUT2D eigenvalue weighted by atomic mass is 79.9. The Labute approximate surface area is 109 Å². The van der Waals surface area contributed by atoms with Crippen molar-refractivity contribution in [1.82, 2.24) is 9.59 Å². The van der Waals surface area contributed by atoms with E-state index in [0.717, 1.165) is 11.5 Å². The van der Waals surface area contributed by atoms with Crippen molar-refractivity contribution >= 4 is 50.7 Å².